The Bertz CT molecular complexity index is 727. The zero-order valence-corrected chi connectivity index (χ0v) is 15.1. The van der Waals surface area contributed by atoms with E-state index in [1.54, 1.807) is 36.4 Å². The quantitative estimate of drug-likeness (QED) is 0.499. The molecule has 0 saturated heterocycles. The Kier molecular flexibility index (Phi) is 6.86. The summed E-state index contributed by atoms with van der Waals surface area (Å²) in [7, 11) is 0. The maximum absolute atomic E-state index is 12.2. The van der Waals surface area contributed by atoms with Crippen LogP contribution in [0.1, 0.15) is 5.56 Å². The van der Waals surface area contributed by atoms with Crippen LogP contribution in [0.2, 0.25) is 5.02 Å². The number of urea groups is 1. The number of amides is 2. The molecular formula is C16H18BrClN4O2. The Balaban J connectivity index is 2.10. The lowest BCUT2D eigenvalue weighted by Crippen LogP contribution is -2.20. The number of aliphatic hydroxyl groups excluding tert-OH is 1. The number of hydrogen-bond acceptors (Lipinski definition) is 4. The van der Waals surface area contributed by atoms with Gasteiger partial charge in [-0.1, -0.05) is 33.6 Å². The first-order valence-corrected chi connectivity index (χ1v) is 8.40. The van der Waals surface area contributed by atoms with E-state index in [1.165, 1.54) is 0 Å². The minimum Gasteiger partial charge on any atom is -0.392 e. The van der Waals surface area contributed by atoms with E-state index >= 15 is 0 Å². The van der Waals surface area contributed by atoms with E-state index < -0.39 is 6.03 Å². The highest BCUT2D eigenvalue weighted by atomic mass is 79.9. The number of carbonyl (C=O) groups is 1. The van der Waals surface area contributed by atoms with Gasteiger partial charge in [0.1, 0.15) is 0 Å². The topological polar surface area (TPSA) is 99.4 Å². The van der Waals surface area contributed by atoms with Gasteiger partial charge in [0.25, 0.3) is 0 Å². The number of aliphatic hydroxyl groups is 1. The number of nitrogens with one attached hydrogen (secondary N) is 3. The fourth-order valence-electron chi connectivity index (χ4n) is 2.07. The van der Waals surface area contributed by atoms with E-state index in [-0.39, 0.29) is 6.61 Å². The smallest absolute Gasteiger partial charge is 0.323 e. The standard InChI is InChI=1S/C16H18BrClN4O2/c17-11-2-1-10(9-23)15(5-11)22-16(24)21-14-7-12(18)6-13(8-14)20-4-3-19/h1-2,5-8,20,23H,3-4,9,19H2,(H2,21,22,24). The van der Waals surface area contributed by atoms with Gasteiger partial charge in [0.05, 0.1) is 6.61 Å². The normalized spacial score (nSPS) is 10.3. The molecule has 8 heteroatoms. The molecule has 0 saturated carbocycles. The van der Waals surface area contributed by atoms with E-state index in [1.807, 2.05) is 0 Å². The Morgan fingerprint density at radius 1 is 1.17 bits per heavy atom. The summed E-state index contributed by atoms with van der Waals surface area (Å²) >= 11 is 9.39. The highest BCUT2D eigenvalue weighted by Crippen LogP contribution is 2.24. The predicted octanol–water partition coefficient (Wildman–Crippen LogP) is 3.61. The lowest BCUT2D eigenvalue weighted by atomic mass is 10.2. The van der Waals surface area contributed by atoms with Gasteiger partial charge < -0.3 is 26.8 Å². The first kappa shape index (κ1) is 18.5. The molecule has 0 bridgehead atoms. The second kappa shape index (κ2) is 8.89. The number of carbonyl (C=O) groups excluding carboxylic acids is 1. The van der Waals surface area contributed by atoms with Crippen LogP contribution in [0.4, 0.5) is 21.9 Å². The second-order valence-corrected chi connectivity index (χ2v) is 6.33. The Labute approximate surface area is 153 Å². The Morgan fingerprint density at radius 3 is 2.62 bits per heavy atom. The van der Waals surface area contributed by atoms with Crippen molar-refractivity contribution in [2.75, 3.05) is 29.0 Å². The molecule has 0 atom stereocenters. The van der Waals surface area contributed by atoms with Gasteiger partial charge in [-0.2, -0.15) is 0 Å². The molecule has 6 N–H and O–H groups in total. The average Bonchev–Trinajstić information content (AvgIpc) is 2.52. The van der Waals surface area contributed by atoms with Crippen molar-refractivity contribution in [3.63, 3.8) is 0 Å². The zero-order chi connectivity index (χ0) is 17.5. The Morgan fingerprint density at radius 2 is 1.92 bits per heavy atom. The average molecular weight is 414 g/mol. The molecule has 2 aromatic carbocycles. The fraction of sp³-hybridized carbons (Fsp3) is 0.188. The van der Waals surface area contributed by atoms with Crippen LogP contribution >= 0.6 is 27.5 Å². The van der Waals surface area contributed by atoms with Gasteiger partial charge in [-0.05, 0) is 30.3 Å². The summed E-state index contributed by atoms with van der Waals surface area (Å²) in [5.41, 5.74) is 7.90. The van der Waals surface area contributed by atoms with Crippen LogP contribution in [-0.4, -0.2) is 24.2 Å². The van der Waals surface area contributed by atoms with Crippen LogP contribution in [0.15, 0.2) is 40.9 Å². The van der Waals surface area contributed by atoms with Gasteiger partial charge in [0, 0.05) is 45.2 Å². The molecule has 2 rings (SSSR count). The molecule has 0 unspecified atom stereocenters. The first-order valence-electron chi connectivity index (χ1n) is 7.23. The fourth-order valence-corrected chi connectivity index (χ4v) is 2.66. The molecule has 24 heavy (non-hydrogen) atoms. The maximum Gasteiger partial charge on any atom is 0.323 e. The zero-order valence-electron chi connectivity index (χ0n) is 12.8. The van der Waals surface area contributed by atoms with Gasteiger partial charge in [-0.25, -0.2) is 4.79 Å². The molecule has 2 amide bonds. The largest absolute Gasteiger partial charge is 0.392 e. The minimum atomic E-state index is -0.435. The third-order valence-corrected chi connectivity index (χ3v) is 3.83. The lowest BCUT2D eigenvalue weighted by molar-refractivity contribution is 0.262. The van der Waals surface area contributed by atoms with Gasteiger partial charge in [0.2, 0.25) is 0 Å². The Hall–Kier alpha value is -1.80. The van der Waals surface area contributed by atoms with Crippen LogP contribution in [0, 0.1) is 0 Å². The highest BCUT2D eigenvalue weighted by molar-refractivity contribution is 9.10. The van der Waals surface area contributed by atoms with E-state index in [9.17, 15) is 9.90 Å². The van der Waals surface area contributed by atoms with Gasteiger partial charge in [0.15, 0.2) is 0 Å². The predicted molar refractivity (Wildman–Crippen MR) is 102 cm³/mol. The van der Waals surface area contributed by atoms with E-state index in [2.05, 4.69) is 31.9 Å². The number of anilines is 3. The van der Waals surface area contributed by atoms with Crippen molar-refractivity contribution in [3.8, 4) is 0 Å². The van der Waals surface area contributed by atoms with Crippen molar-refractivity contribution >= 4 is 50.6 Å². The molecule has 0 aromatic heterocycles. The second-order valence-electron chi connectivity index (χ2n) is 4.98. The van der Waals surface area contributed by atoms with Crippen molar-refractivity contribution in [3.05, 3.63) is 51.5 Å². The number of hydrogen-bond donors (Lipinski definition) is 5. The number of halogens is 2. The highest BCUT2D eigenvalue weighted by Gasteiger charge is 2.08. The monoisotopic (exact) mass is 412 g/mol. The summed E-state index contributed by atoms with van der Waals surface area (Å²) in [6, 6.07) is 9.96. The summed E-state index contributed by atoms with van der Waals surface area (Å²) in [6.07, 6.45) is 0. The van der Waals surface area contributed by atoms with Crippen molar-refractivity contribution < 1.29 is 9.90 Å². The van der Waals surface area contributed by atoms with E-state index in [4.69, 9.17) is 17.3 Å². The molecule has 0 aliphatic rings. The van der Waals surface area contributed by atoms with Gasteiger partial charge >= 0.3 is 6.03 Å². The summed E-state index contributed by atoms with van der Waals surface area (Å²) in [5, 5.41) is 18.4. The molecule has 0 aliphatic carbocycles. The number of rotatable bonds is 6. The van der Waals surface area contributed by atoms with Crippen LogP contribution in [-0.2, 0) is 6.61 Å². The van der Waals surface area contributed by atoms with Crippen LogP contribution in [0.25, 0.3) is 0 Å². The number of benzene rings is 2. The molecule has 0 spiro atoms. The minimum absolute atomic E-state index is 0.173. The third-order valence-electron chi connectivity index (χ3n) is 3.12. The summed E-state index contributed by atoms with van der Waals surface area (Å²) in [6.45, 7) is 0.916. The molecule has 6 nitrogen and oxygen atoms in total. The summed E-state index contributed by atoms with van der Waals surface area (Å²) < 4.78 is 0.797. The SMILES string of the molecule is NCCNc1cc(Cl)cc(NC(=O)Nc2cc(Br)ccc2CO)c1. The molecule has 128 valence electrons. The lowest BCUT2D eigenvalue weighted by Gasteiger charge is -2.13. The van der Waals surface area contributed by atoms with Crippen LogP contribution < -0.4 is 21.7 Å². The summed E-state index contributed by atoms with van der Waals surface area (Å²) in [5.74, 6) is 0. The maximum atomic E-state index is 12.2. The molecule has 0 fully saturated rings. The molecular weight excluding hydrogens is 396 g/mol. The van der Waals surface area contributed by atoms with Crippen molar-refractivity contribution in [1.29, 1.82) is 0 Å². The van der Waals surface area contributed by atoms with E-state index in [0.29, 0.717) is 35.1 Å². The van der Waals surface area contributed by atoms with Crippen molar-refractivity contribution in [1.82, 2.24) is 0 Å². The van der Waals surface area contributed by atoms with Crippen molar-refractivity contribution in [2.24, 2.45) is 5.73 Å². The number of nitrogens with two attached hydrogens (primary N) is 1. The summed E-state index contributed by atoms with van der Waals surface area (Å²) in [4.78, 5) is 12.2. The van der Waals surface area contributed by atoms with Crippen LogP contribution in [0.3, 0.4) is 0 Å². The molecule has 2 aromatic rings. The molecule has 0 radical (unpaired) electrons. The molecule has 0 aliphatic heterocycles. The van der Waals surface area contributed by atoms with Gasteiger partial charge in [-0.3, -0.25) is 0 Å². The van der Waals surface area contributed by atoms with Gasteiger partial charge in [-0.15, -0.1) is 0 Å². The first-order chi connectivity index (χ1) is 11.5. The van der Waals surface area contributed by atoms with Crippen molar-refractivity contribution in [2.45, 2.75) is 6.61 Å². The van der Waals surface area contributed by atoms with E-state index in [0.717, 1.165) is 10.2 Å². The third kappa shape index (κ3) is 5.38. The molecule has 0 heterocycles. The van der Waals surface area contributed by atoms with Crippen LogP contribution in [0.5, 0.6) is 0 Å².